The number of nitrogens with zero attached hydrogens (tertiary/aromatic N) is 1. The van der Waals surface area contributed by atoms with E-state index in [-0.39, 0.29) is 0 Å². The largest absolute Gasteiger partial charge is 0.399 e. The zero-order valence-corrected chi connectivity index (χ0v) is 9.46. The number of hydrogen-bond donors (Lipinski definition) is 1. The highest BCUT2D eigenvalue weighted by Crippen LogP contribution is 2.19. The van der Waals surface area contributed by atoms with Crippen LogP contribution < -0.4 is 5.73 Å². The summed E-state index contributed by atoms with van der Waals surface area (Å²) in [6.45, 7) is 2.65. The molecule has 14 heavy (non-hydrogen) atoms. The van der Waals surface area contributed by atoms with Crippen molar-refractivity contribution in [3.8, 4) is 0 Å². The van der Waals surface area contributed by atoms with Gasteiger partial charge in [-0.3, -0.25) is 4.84 Å². The lowest BCUT2D eigenvalue weighted by atomic mass is 10.2. The summed E-state index contributed by atoms with van der Waals surface area (Å²) in [5, 5.41) is 1.97. The Balaban J connectivity index is 2.07. The van der Waals surface area contributed by atoms with Crippen molar-refractivity contribution < 1.29 is 4.84 Å². The maximum Gasteiger partial charge on any atom is 0.0698 e. The molecule has 0 radical (unpaired) electrons. The molecule has 0 saturated carbocycles. The van der Waals surface area contributed by atoms with E-state index in [0.717, 1.165) is 36.3 Å². The molecule has 0 spiro atoms. The van der Waals surface area contributed by atoms with Crippen molar-refractivity contribution in [1.82, 2.24) is 5.06 Å². The van der Waals surface area contributed by atoms with Gasteiger partial charge in [-0.25, -0.2) is 0 Å². The molecule has 2 rings (SSSR count). The molecule has 0 bridgehead atoms. The van der Waals surface area contributed by atoms with Gasteiger partial charge in [0.25, 0.3) is 0 Å². The van der Waals surface area contributed by atoms with Gasteiger partial charge < -0.3 is 5.73 Å². The van der Waals surface area contributed by atoms with Crippen LogP contribution in [0.3, 0.4) is 0 Å². The molecular formula is C10H13BrN2O. The van der Waals surface area contributed by atoms with E-state index >= 15 is 0 Å². The Hall–Kier alpha value is -0.580. The van der Waals surface area contributed by atoms with E-state index in [0.29, 0.717) is 0 Å². The number of nitrogen functional groups attached to an aromatic ring is 1. The Bertz CT molecular complexity index is 304. The zero-order valence-electron chi connectivity index (χ0n) is 7.87. The van der Waals surface area contributed by atoms with Crippen LogP contribution in [0.2, 0.25) is 0 Å². The topological polar surface area (TPSA) is 38.5 Å². The van der Waals surface area contributed by atoms with Crippen LogP contribution in [0.5, 0.6) is 0 Å². The van der Waals surface area contributed by atoms with E-state index in [1.165, 1.54) is 5.56 Å². The van der Waals surface area contributed by atoms with Crippen LogP contribution in [0.1, 0.15) is 12.0 Å². The second-order valence-corrected chi connectivity index (χ2v) is 4.36. The molecule has 3 nitrogen and oxygen atoms in total. The van der Waals surface area contributed by atoms with Gasteiger partial charge in [0.15, 0.2) is 0 Å². The molecule has 1 aromatic rings. The molecule has 0 amide bonds. The van der Waals surface area contributed by atoms with E-state index < -0.39 is 0 Å². The molecule has 0 aromatic heterocycles. The van der Waals surface area contributed by atoms with Gasteiger partial charge in [-0.15, -0.1) is 0 Å². The first-order valence-corrected chi connectivity index (χ1v) is 5.46. The summed E-state index contributed by atoms with van der Waals surface area (Å²) in [6.07, 6.45) is 1.11. The van der Waals surface area contributed by atoms with Gasteiger partial charge >= 0.3 is 0 Å². The molecule has 0 unspecified atom stereocenters. The lowest BCUT2D eigenvalue weighted by Crippen LogP contribution is -2.17. The number of halogens is 1. The summed E-state index contributed by atoms with van der Waals surface area (Å²) in [6, 6.07) is 5.94. The minimum atomic E-state index is 0.786. The van der Waals surface area contributed by atoms with Gasteiger partial charge in [-0.2, -0.15) is 5.06 Å². The first-order valence-electron chi connectivity index (χ1n) is 4.67. The Morgan fingerprint density at radius 2 is 2.29 bits per heavy atom. The summed E-state index contributed by atoms with van der Waals surface area (Å²) in [7, 11) is 0. The van der Waals surface area contributed by atoms with Crippen LogP contribution in [0, 0.1) is 0 Å². The lowest BCUT2D eigenvalue weighted by molar-refractivity contribution is -0.117. The van der Waals surface area contributed by atoms with Crippen molar-refractivity contribution in [2.24, 2.45) is 0 Å². The highest BCUT2D eigenvalue weighted by Gasteiger charge is 2.12. The average Bonchev–Trinajstić information content (AvgIpc) is 2.54. The highest BCUT2D eigenvalue weighted by molar-refractivity contribution is 9.10. The van der Waals surface area contributed by atoms with Crippen LogP contribution in [0.25, 0.3) is 0 Å². The third-order valence-electron chi connectivity index (χ3n) is 2.16. The normalized spacial score (nSPS) is 17.5. The molecule has 1 aromatic carbocycles. The number of hydrogen-bond acceptors (Lipinski definition) is 3. The number of hydroxylamine groups is 2. The second kappa shape index (κ2) is 4.29. The van der Waals surface area contributed by atoms with Crippen molar-refractivity contribution in [1.29, 1.82) is 0 Å². The van der Waals surface area contributed by atoms with Gasteiger partial charge in [0.1, 0.15) is 0 Å². The Kier molecular flexibility index (Phi) is 3.05. The van der Waals surface area contributed by atoms with Crippen molar-refractivity contribution in [2.45, 2.75) is 13.0 Å². The molecule has 4 heteroatoms. The van der Waals surface area contributed by atoms with Gasteiger partial charge in [0.2, 0.25) is 0 Å². The Morgan fingerprint density at radius 3 is 2.93 bits per heavy atom. The van der Waals surface area contributed by atoms with Crippen molar-refractivity contribution >= 4 is 21.6 Å². The van der Waals surface area contributed by atoms with Crippen LogP contribution in [0.15, 0.2) is 22.7 Å². The van der Waals surface area contributed by atoms with Crippen molar-refractivity contribution in [3.63, 3.8) is 0 Å². The van der Waals surface area contributed by atoms with Crippen LogP contribution in [-0.2, 0) is 11.4 Å². The zero-order chi connectivity index (χ0) is 9.97. The van der Waals surface area contributed by atoms with Crippen molar-refractivity contribution in [3.05, 3.63) is 28.2 Å². The third kappa shape index (κ3) is 2.47. The minimum absolute atomic E-state index is 0.786. The summed E-state index contributed by atoms with van der Waals surface area (Å²) in [5.74, 6) is 0. The van der Waals surface area contributed by atoms with E-state index in [4.69, 9.17) is 10.6 Å². The van der Waals surface area contributed by atoms with E-state index in [1.807, 2.05) is 17.2 Å². The fraction of sp³-hybridized carbons (Fsp3) is 0.400. The molecule has 1 aliphatic rings. The molecule has 1 fully saturated rings. The summed E-state index contributed by atoms with van der Waals surface area (Å²) in [5.41, 5.74) is 7.71. The Labute approximate surface area is 91.9 Å². The first-order chi connectivity index (χ1) is 6.74. The summed E-state index contributed by atoms with van der Waals surface area (Å²) < 4.78 is 1.02. The smallest absolute Gasteiger partial charge is 0.0698 e. The van der Waals surface area contributed by atoms with Gasteiger partial charge in [0.05, 0.1) is 6.61 Å². The summed E-state index contributed by atoms with van der Waals surface area (Å²) >= 11 is 3.42. The quantitative estimate of drug-likeness (QED) is 0.825. The first kappa shape index (κ1) is 9.96. The van der Waals surface area contributed by atoms with Crippen LogP contribution in [-0.4, -0.2) is 18.2 Å². The van der Waals surface area contributed by atoms with Crippen molar-refractivity contribution in [2.75, 3.05) is 18.9 Å². The maximum atomic E-state index is 5.74. The van der Waals surface area contributed by atoms with Crippen LogP contribution >= 0.6 is 15.9 Å². The number of anilines is 1. The van der Waals surface area contributed by atoms with Crippen LogP contribution in [0.4, 0.5) is 5.69 Å². The Morgan fingerprint density at radius 1 is 1.43 bits per heavy atom. The predicted molar refractivity (Wildman–Crippen MR) is 59.5 cm³/mol. The molecular weight excluding hydrogens is 244 g/mol. The number of benzene rings is 1. The average molecular weight is 257 g/mol. The number of rotatable bonds is 2. The summed E-state index contributed by atoms with van der Waals surface area (Å²) in [4.78, 5) is 5.41. The lowest BCUT2D eigenvalue weighted by Gasteiger charge is -2.13. The maximum absolute atomic E-state index is 5.74. The molecule has 0 aliphatic carbocycles. The molecule has 2 N–H and O–H groups in total. The molecule has 1 saturated heterocycles. The third-order valence-corrected chi connectivity index (χ3v) is 2.62. The predicted octanol–water partition coefficient (Wildman–Crippen LogP) is 2.17. The number of nitrogens with two attached hydrogens (primary N) is 1. The van der Waals surface area contributed by atoms with E-state index in [2.05, 4.69) is 22.0 Å². The molecule has 76 valence electrons. The SMILES string of the molecule is Nc1cc(Br)cc(CN2CCCO2)c1. The van der Waals surface area contributed by atoms with Gasteiger partial charge in [-0.1, -0.05) is 15.9 Å². The fourth-order valence-corrected chi connectivity index (χ4v) is 2.15. The van der Waals surface area contributed by atoms with E-state index in [9.17, 15) is 0 Å². The minimum Gasteiger partial charge on any atom is -0.399 e. The standard InChI is InChI=1S/C10H13BrN2O/c11-9-4-8(5-10(12)6-9)7-13-2-1-3-14-13/h4-6H,1-3,7,12H2. The molecule has 0 atom stereocenters. The van der Waals surface area contributed by atoms with Gasteiger partial charge in [0, 0.05) is 23.2 Å². The monoisotopic (exact) mass is 256 g/mol. The van der Waals surface area contributed by atoms with Gasteiger partial charge in [-0.05, 0) is 30.2 Å². The molecule has 1 heterocycles. The van der Waals surface area contributed by atoms with E-state index in [1.54, 1.807) is 0 Å². The highest BCUT2D eigenvalue weighted by atomic mass is 79.9. The second-order valence-electron chi connectivity index (χ2n) is 3.44. The fourth-order valence-electron chi connectivity index (χ4n) is 1.59. The molecule has 1 aliphatic heterocycles.